The number of aliphatic hydroxyl groups excluding tert-OH is 1. The van der Waals surface area contributed by atoms with Crippen LogP contribution in [-0.4, -0.2) is 47.0 Å². The number of quaternary nitrogens is 1. The van der Waals surface area contributed by atoms with Gasteiger partial charge in [-0.05, 0) is 30.4 Å². The van der Waals surface area contributed by atoms with Crippen LogP contribution < -0.4 is 0 Å². The first kappa shape index (κ1) is 17.2. The number of aliphatic hydroxyl groups is 1. The maximum absolute atomic E-state index is 13.8. The van der Waals surface area contributed by atoms with E-state index >= 15 is 0 Å². The van der Waals surface area contributed by atoms with E-state index in [1.54, 1.807) is 0 Å². The number of aromatic nitrogens is 1. The highest BCUT2D eigenvalue weighted by atomic mass is 16.5. The van der Waals surface area contributed by atoms with Gasteiger partial charge in [-0.3, -0.25) is 4.79 Å². The molecule has 2 fully saturated rings. The lowest BCUT2D eigenvalue weighted by Gasteiger charge is -2.59. The van der Waals surface area contributed by atoms with Gasteiger partial charge in [0.1, 0.15) is 6.04 Å². The minimum absolute atomic E-state index is 0.00348. The molecule has 1 aromatic carbocycles. The molecule has 6 atom stereocenters. The van der Waals surface area contributed by atoms with Crippen LogP contribution in [0.4, 0.5) is 0 Å². The number of piperidine rings is 1. The number of fused-ring (bicyclic) bond motifs is 6. The van der Waals surface area contributed by atoms with Gasteiger partial charge >= 0.3 is 5.97 Å². The number of benzene rings is 1. The number of carbonyl (C=O) groups is 1. The number of methoxy groups -OCH3 is 1. The topological polar surface area (TPSA) is 85.4 Å². The Bertz CT molecular complexity index is 893. The summed E-state index contributed by atoms with van der Waals surface area (Å²) in [6, 6.07) is 8.01. The van der Waals surface area contributed by atoms with Gasteiger partial charge in [-0.15, -0.1) is 0 Å². The lowest BCUT2D eigenvalue weighted by molar-refractivity contribution is -0.924. The second-order valence-corrected chi connectivity index (χ2v) is 8.54. The van der Waals surface area contributed by atoms with Gasteiger partial charge in [0.25, 0.3) is 0 Å². The number of nitrogens with one attached hydrogen (secondary N) is 1. The van der Waals surface area contributed by atoms with Crippen molar-refractivity contribution in [2.75, 3.05) is 20.2 Å². The van der Waals surface area contributed by atoms with E-state index in [9.17, 15) is 15.1 Å². The molecule has 6 heteroatoms. The van der Waals surface area contributed by atoms with Crippen LogP contribution in [0.2, 0.25) is 0 Å². The first-order valence-corrected chi connectivity index (χ1v) is 9.95. The van der Waals surface area contributed by atoms with Crippen LogP contribution in [0.1, 0.15) is 36.6 Å². The average molecular weight is 370 g/mol. The number of ether oxygens (including phenoxy) is 1. The third-order valence-corrected chi connectivity index (χ3v) is 7.32. The predicted molar refractivity (Wildman–Crippen MR) is 100 cm³/mol. The molecule has 5 rings (SSSR count). The van der Waals surface area contributed by atoms with Crippen LogP contribution in [0.5, 0.6) is 0 Å². The Morgan fingerprint density at radius 3 is 2.96 bits per heavy atom. The summed E-state index contributed by atoms with van der Waals surface area (Å²) in [5, 5.41) is 25.5. The van der Waals surface area contributed by atoms with Crippen molar-refractivity contribution < 1.29 is 19.3 Å². The number of hydroxylamine groups is 3. The number of nitrogens with zero attached hydrogens (tertiary/aromatic N) is 1. The average Bonchev–Trinajstić information content (AvgIpc) is 3.05. The molecule has 2 aromatic rings. The molecule has 3 heterocycles. The van der Waals surface area contributed by atoms with Gasteiger partial charge in [-0.2, -0.15) is 0 Å². The van der Waals surface area contributed by atoms with Crippen LogP contribution in [0.3, 0.4) is 0 Å². The van der Waals surface area contributed by atoms with Gasteiger partial charge in [0, 0.05) is 29.7 Å². The smallest absolute Gasteiger partial charge is 0.311 e. The van der Waals surface area contributed by atoms with Crippen molar-refractivity contribution in [1.29, 1.82) is 0 Å². The fraction of sp³-hybridized carbons (Fsp3) is 0.571. The van der Waals surface area contributed by atoms with Crippen LogP contribution >= 0.6 is 0 Å². The fourth-order valence-electron chi connectivity index (χ4n) is 6.04. The molecule has 144 valence electrons. The van der Waals surface area contributed by atoms with Crippen molar-refractivity contribution in [1.82, 2.24) is 4.98 Å². The van der Waals surface area contributed by atoms with Crippen molar-refractivity contribution in [2.45, 2.75) is 37.8 Å². The Hall–Kier alpha value is -1.89. The lowest BCUT2D eigenvalue weighted by atomic mass is 9.64. The molecule has 3 aliphatic rings. The molecule has 0 amide bonds. The van der Waals surface area contributed by atoms with Crippen LogP contribution in [0.15, 0.2) is 24.3 Å². The third-order valence-electron chi connectivity index (χ3n) is 7.32. The van der Waals surface area contributed by atoms with Crippen molar-refractivity contribution in [3.8, 4) is 0 Å². The molecule has 6 nitrogen and oxygen atoms in total. The Morgan fingerprint density at radius 2 is 2.15 bits per heavy atom. The largest absolute Gasteiger partial charge is 0.632 e. The molecule has 0 spiro atoms. The maximum atomic E-state index is 13.8. The number of hydrogen-bond donors (Lipinski definition) is 2. The number of H-pyrrole nitrogens is 1. The van der Waals surface area contributed by atoms with E-state index in [0.717, 1.165) is 24.1 Å². The molecule has 2 aliphatic heterocycles. The van der Waals surface area contributed by atoms with E-state index in [0.29, 0.717) is 25.9 Å². The SMILES string of the molecule is COC(=O)[C@@H]1[C@H]2C[C@H]3c4[nH]c5ccccc5c4CC[N@+]3([O-])C[C@@H]2CC[C@@H]1O. The highest BCUT2D eigenvalue weighted by Crippen LogP contribution is 2.52. The predicted octanol–water partition coefficient (Wildman–Crippen LogP) is 2.66. The Morgan fingerprint density at radius 1 is 1.33 bits per heavy atom. The highest BCUT2D eigenvalue weighted by Gasteiger charge is 2.53. The van der Waals surface area contributed by atoms with Crippen molar-refractivity contribution in [2.24, 2.45) is 17.8 Å². The standard InChI is InChI=1S/C21H26N2O4/c1-27-21(25)19-15-10-17-20-14(13-4-2-3-5-16(13)22-20)8-9-23(17,26)11-12(15)6-7-18(19)24/h2-5,12,15,17-19,22,24H,6-11H2,1H3/t12-,15-,17-,18-,19+,23-/m0/s1. The highest BCUT2D eigenvalue weighted by molar-refractivity contribution is 5.85. The van der Waals surface area contributed by atoms with Crippen molar-refractivity contribution in [3.05, 3.63) is 40.7 Å². The van der Waals surface area contributed by atoms with E-state index < -0.39 is 12.0 Å². The molecule has 0 radical (unpaired) electrons. The fourth-order valence-corrected chi connectivity index (χ4v) is 6.04. The van der Waals surface area contributed by atoms with E-state index in [2.05, 4.69) is 17.1 Å². The number of esters is 1. The molecule has 1 saturated carbocycles. The Balaban J connectivity index is 1.56. The van der Waals surface area contributed by atoms with Crippen molar-refractivity contribution in [3.63, 3.8) is 0 Å². The van der Waals surface area contributed by atoms with E-state index in [1.807, 2.05) is 12.1 Å². The van der Waals surface area contributed by atoms with E-state index in [-0.39, 0.29) is 28.5 Å². The molecule has 1 saturated heterocycles. The number of para-hydroxylation sites is 1. The summed E-state index contributed by atoms with van der Waals surface area (Å²) < 4.78 is 4.79. The monoisotopic (exact) mass is 370 g/mol. The van der Waals surface area contributed by atoms with Crippen LogP contribution in [-0.2, 0) is 16.0 Å². The van der Waals surface area contributed by atoms with Gasteiger partial charge < -0.3 is 24.7 Å². The van der Waals surface area contributed by atoms with Gasteiger partial charge in [0.05, 0.1) is 37.9 Å². The summed E-state index contributed by atoms with van der Waals surface area (Å²) in [6.45, 7) is 1.12. The zero-order valence-corrected chi connectivity index (χ0v) is 15.6. The minimum Gasteiger partial charge on any atom is -0.632 e. The molecule has 2 N–H and O–H groups in total. The molecular formula is C21H26N2O4. The summed E-state index contributed by atoms with van der Waals surface area (Å²) in [5.74, 6) is -0.672. The summed E-state index contributed by atoms with van der Waals surface area (Å²) in [7, 11) is 1.38. The number of carbonyl (C=O) groups excluding carboxylic acids is 1. The van der Waals surface area contributed by atoms with Gasteiger partial charge in [-0.25, -0.2) is 0 Å². The van der Waals surface area contributed by atoms with Crippen LogP contribution in [0, 0.1) is 23.0 Å². The maximum Gasteiger partial charge on any atom is 0.311 e. The van der Waals surface area contributed by atoms with Gasteiger partial charge in [0.15, 0.2) is 0 Å². The molecular weight excluding hydrogens is 344 g/mol. The van der Waals surface area contributed by atoms with Gasteiger partial charge in [0.2, 0.25) is 0 Å². The second kappa shape index (κ2) is 6.06. The summed E-state index contributed by atoms with van der Waals surface area (Å²) >= 11 is 0. The number of rotatable bonds is 1. The van der Waals surface area contributed by atoms with Crippen LogP contribution in [0.25, 0.3) is 10.9 Å². The first-order chi connectivity index (χ1) is 13.0. The second-order valence-electron chi connectivity index (χ2n) is 8.54. The summed E-state index contributed by atoms with van der Waals surface area (Å²) in [6.07, 6.45) is 2.14. The van der Waals surface area contributed by atoms with E-state index in [1.165, 1.54) is 18.1 Å². The third kappa shape index (κ3) is 2.47. The molecule has 1 aromatic heterocycles. The zero-order chi connectivity index (χ0) is 18.8. The molecule has 0 bridgehead atoms. The number of hydrogen-bond acceptors (Lipinski definition) is 4. The van der Waals surface area contributed by atoms with Gasteiger partial charge in [-0.1, -0.05) is 18.2 Å². The summed E-state index contributed by atoms with van der Waals surface area (Å²) in [5.41, 5.74) is 3.37. The van der Waals surface area contributed by atoms with E-state index in [4.69, 9.17) is 4.74 Å². The molecule has 0 unspecified atom stereocenters. The number of aromatic amines is 1. The lowest BCUT2D eigenvalue weighted by Crippen LogP contribution is -2.60. The zero-order valence-electron chi connectivity index (χ0n) is 15.6. The first-order valence-electron chi connectivity index (χ1n) is 9.95. The minimum atomic E-state index is -0.670. The summed E-state index contributed by atoms with van der Waals surface area (Å²) in [4.78, 5) is 15.9. The molecule has 27 heavy (non-hydrogen) atoms. The quantitative estimate of drug-likeness (QED) is 0.459. The Labute approximate surface area is 158 Å². The Kier molecular flexibility index (Phi) is 3.86. The van der Waals surface area contributed by atoms with Crippen molar-refractivity contribution >= 4 is 16.9 Å². The normalized spacial score (nSPS) is 38.0. The molecule has 1 aliphatic carbocycles.